The number of rotatable bonds is 7. The van der Waals surface area contributed by atoms with Crippen molar-refractivity contribution in [1.29, 1.82) is 0 Å². The van der Waals surface area contributed by atoms with Crippen LogP contribution in [0, 0.1) is 12.8 Å². The molecule has 2 aromatic rings. The van der Waals surface area contributed by atoms with Crippen molar-refractivity contribution >= 4 is 28.8 Å². The number of carbonyl (C=O) groups is 2. The molecule has 6 nitrogen and oxygen atoms in total. The van der Waals surface area contributed by atoms with E-state index in [1.807, 2.05) is 53.6 Å². The summed E-state index contributed by atoms with van der Waals surface area (Å²) in [6, 6.07) is 11.8. The van der Waals surface area contributed by atoms with Gasteiger partial charge in [0.25, 0.3) is 0 Å². The third-order valence-corrected chi connectivity index (χ3v) is 7.57. The maximum atomic E-state index is 13.3. The summed E-state index contributed by atoms with van der Waals surface area (Å²) in [5.41, 5.74) is 2.02. The second-order valence-corrected chi connectivity index (χ2v) is 9.97. The molecule has 0 radical (unpaired) electrons. The van der Waals surface area contributed by atoms with Crippen LogP contribution in [-0.4, -0.2) is 67.9 Å². The number of carbonyl (C=O) groups excluding carboxylic acids is 2. The Kier molecular flexibility index (Phi) is 7.60. The Morgan fingerprint density at radius 2 is 1.88 bits per heavy atom. The smallest absolute Gasteiger partial charge is 0.227 e. The van der Waals surface area contributed by atoms with E-state index in [0.717, 1.165) is 55.3 Å². The fourth-order valence-corrected chi connectivity index (χ4v) is 5.56. The molecule has 2 amide bonds. The number of nitrogens with one attached hydrogen (secondary N) is 1. The second-order valence-electron chi connectivity index (χ2n) is 8.99. The van der Waals surface area contributed by atoms with E-state index in [2.05, 4.69) is 22.2 Å². The molecule has 2 fully saturated rings. The Labute approximate surface area is 195 Å². The minimum atomic E-state index is -0.253. The van der Waals surface area contributed by atoms with Gasteiger partial charge in [-0.3, -0.25) is 9.59 Å². The van der Waals surface area contributed by atoms with Gasteiger partial charge in [0.1, 0.15) is 0 Å². The summed E-state index contributed by atoms with van der Waals surface area (Å²) in [4.78, 5) is 34.0. The molecule has 0 bridgehead atoms. The Morgan fingerprint density at radius 3 is 2.56 bits per heavy atom. The van der Waals surface area contributed by atoms with Gasteiger partial charge in [-0.25, -0.2) is 0 Å². The third kappa shape index (κ3) is 5.39. The maximum absolute atomic E-state index is 13.3. The average Bonchev–Trinajstić information content (AvgIpc) is 3.33. The highest BCUT2D eigenvalue weighted by Gasteiger charge is 2.41. The van der Waals surface area contributed by atoms with E-state index in [1.54, 1.807) is 11.3 Å². The van der Waals surface area contributed by atoms with Gasteiger partial charge in [0.15, 0.2) is 0 Å². The van der Waals surface area contributed by atoms with Crippen molar-refractivity contribution in [2.24, 2.45) is 5.92 Å². The SMILES string of the molecule is Cc1ccc(N2C(=O)CCC(C(=O)NCCCN3CCN(C)CC3)C2c2cccs2)cc1. The summed E-state index contributed by atoms with van der Waals surface area (Å²) in [7, 11) is 2.16. The zero-order valence-electron chi connectivity index (χ0n) is 19.1. The van der Waals surface area contributed by atoms with Crippen LogP contribution in [0.4, 0.5) is 5.69 Å². The van der Waals surface area contributed by atoms with Crippen molar-refractivity contribution < 1.29 is 9.59 Å². The van der Waals surface area contributed by atoms with E-state index < -0.39 is 0 Å². The molecule has 2 saturated heterocycles. The lowest BCUT2D eigenvalue weighted by Gasteiger charge is -2.40. The van der Waals surface area contributed by atoms with Gasteiger partial charge in [0.05, 0.1) is 12.0 Å². The summed E-state index contributed by atoms with van der Waals surface area (Å²) in [6.45, 7) is 8.15. The van der Waals surface area contributed by atoms with Crippen LogP contribution in [0.5, 0.6) is 0 Å². The number of hydrogen-bond acceptors (Lipinski definition) is 5. The topological polar surface area (TPSA) is 55.9 Å². The highest BCUT2D eigenvalue weighted by Crippen LogP contribution is 2.41. The number of nitrogens with zero attached hydrogens (tertiary/aromatic N) is 3. The predicted molar refractivity (Wildman–Crippen MR) is 130 cm³/mol. The molecule has 172 valence electrons. The van der Waals surface area contributed by atoms with Crippen LogP contribution in [0.3, 0.4) is 0 Å². The first-order valence-corrected chi connectivity index (χ1v) is 12.5. The Bertz CT molecular complexity index is 891. The first-order valence-electron chi connectivity index (χ1n) is 11.6. The van der Waals surface area contributed by atoms with E-state index in [4.69, 9.17) is 0 Å². The maximum Gasteiger partial charge on any atom is 0.227 e. The largest absolute Gasteiger partial charge is 0.356 e. The molecule has 7 heteroatoms. The van der Waals surface area contributed by atoms with E-state index in [1.165, 1.54) is 0 Å². The van der Waals surface area contributed by atoms with Crippen molar-refractivity contribution in [3.63, 3.8) is 0 Å². The number of likely N-dealkylation sites (N-methyl/N-ethyl adjacent to an activating group) is 1. The van der Waals surface area contributed by atoms with Crippen molar-refractivity contribution in [3.05, 3.63) is 52.2 Å². The molecule has 3 heterocycles. The van der Waals surface area contributed by atoms with E-state index in [-0.39, 0.29) is 23.8 Å². The third-order valence-electron chi connectivity index (χ3n) is 6.63. The second kappa shape index (κ2) is 10.6. The van der Waals surface area contributed by atoms with Gasteiger partial charge < -0.3 is 20.0 Å². The van der Waals surface area contributed by atoms with Crippen molar-refractivity contribution in [2.45, 2.75) is 32.2 Å². The number of anilines is 1. The molecular formula is C25H34N4O2S. The quantitative estimate of drug-likeness (QED) is 0.653. The summed E-state index contributed by atoms with van der Waals surface area (Å²) in [5.74, 6) is -0.0888. The number of amides is 2. The first kappa shape index (κ1) is 23.0. The summed E-state index contributed by atoms with van der Waals surface area (Å²) < 4.78 is 0. The number of piperazine rings is 1. The molecule has 2 atom stereocenters. The molecule has 0 saturated carbocycles. The van der Waals surface area contributed by atoms with E-state index in [9.17, 15) is 9.59 Å². The average molecular weight is 455 g/mol. The van der Waals surface area contributed by atoms with E-state index in [0.29, 0.717) is 19.4 Å². The van der Waals surface area contributed by atoms with Crippen LogP contribution >= 0.6 is 11.3 Å². The number of benzene rings is 1. The van der Waals surface area contributed by atoms with Crippen LogP contribution in [0.25, 0.3) is 0 Å². The lowest BCUT2D eigenvalue weighted by Crippen LogP contribution is -2.48. The molecule has 32 heavy (non-hydrogen) atoms. The molecule has 2 aliphatic heterocycles. The van der Waals surface area contributed by atoms with Gasteiger partial charge in [0.2, 0.25) is 11.8 Å². The van der Waals surface area contributed by atoms with Gasteiger partial charge in [0, 0.05) is 49.7 Å². The first-order chi connectivity index (χ1) is 15.5. The molecule has 2 unspecified atom stereocenters. The minimum absolute atomic E-state index is 0.0615. The van der Waals surface area contributed by atoms with Gasteiger partial charge in [-0.2, -0.15) is 0 Å². The summed E-state index contributed by atoms with van der Waals surface area (Å²) in [5, 5.41) is 5.20. The van der Waals surface area contributed by atoms with Gasteiger partial charge >= 0.3 is 0 Å². The Balaban J connectivity index is 1.42. The van der Waals surface area contributed by atoms with Crippen molar-refractivity contribution in [3.8, 4) is 0 Å². The number of thiophene rings is 1. The molecule has 0 spiro atoms. The van der Waals surface area contributed by atoms with Gasteiger partial charge in [-0.05, 0) is 56.9 Å². The minimum Gasteiger partial charge on any atom is -0.356 e. The fourth-order valence-electron chi connectivity index (χ4n) is 4.68. The lowest BCUT2D eigenvalue weighted by atomic mass is 9.86. The van der Waals surface area contributed by atoms with Crippen LogP contribution in [-0.2, 0) is 9.59 Å². The van der Waals surface area contributed by atoms with E-state index >= 15 is 0 Å². The summed E-state index contributed by atoms with van der Waals surface area (Å²) in [6.07, 6.45) is 1.94. The fraction of sp³-hybridized carbons (Fsp3) is 0.520. The highest BCUT2D eigenvalue weighted by molar-refractivity contribution is 7.10. The van der Waals surface area contributed by atoms with Crippen LogP contribution in [0.1, 0.15) is 35.7 Å². The number of piperidine rings is 1. The molecule has 1 aromatic carbocycles. The van der Waals surface area contributed by atoms with Crippen molar-refractivity contribution in [1.82, 2.24) is 15.1 Å². The lowest BCUT2D eigenvalue weighted by molar-refractivity contribution is -0.129. The zero-order chi connectivity index (χ0) is 22.5. The predicted octanol–water partition coefficient (Wildman–Crippen LogP) is 3.29. The molecule has 0 aliphatic carbocycles. The molecule has 1 N–H and O–H groups in total. The Morgan fingerprint density at radius 1 is 1.12 bits per heavy atom. The van der Waals surface area contributed by atoms with Crippen LogP contribution in [0.15, 0.2) is 41.8 Å². The number of aryl methyl sites for hydroxylation is 1. The normalized spacial score (nSPS) is 22.8. The van der Waals surface area contributed by atoms with Crippen LogP contribution in [0.2, 0.25) is 0 Å². The van der Waals surface area contributed by atoms with Crippen LogP contribution < -0.4 is 10.2 Å². The molecule has 2 aliphatic rings. The molecule has 4 rings (SSSR count). The standard InChI is InChI=1S/C25H34N4O2S/c1-19-6-8-20(9-7-19)29-23(30)11-10-21(24(29)22-5-3-18-32-22)25(31)26-12-4-13-28-16-14-27(2)15-17-28/h3,5-9,18,21,24H,4,10-17H2,1-2H3,(H,26,31). The molecule has 1 aromatic heterocycles. The van der Waals surface area contributed by atoms with Gasteiger partial charge in [-0.1, -0.05) is 23.8 Å². The Hall–Kier alpha value is -2.22. The zero-order valence-corrected chi connectivity index (χ0v) is 19.9. The number of hydrogen-bond donors (Lipinski definition) is 1. The monoisotopic (exact) mass is 454 g/mol. The highest BCUT2D eigenvalue weighted by atomic mass is 32.1. The van der Waals surface area contributed by atoms with Gasteiger partial charge in [-0.15, -0.1) is 11.3 Å². The summed E-state index contributed by atoms with van der Waals surface area (Å²) >= 11 is 1.62. The molecular weight excluding hydrogens is 420 g/mol. The van der Waals surface area contributed by atoms with Crippen molar-refractivity contribution in [2.75, 3.05) is 51.2 Å².